The highest BCUT2D eigenvalue weighted by Gasteiger charge is 2.21. The van der Waals surface area contributed by atoms with E-state index in [-0.39, 0.29) is 10.2 Å². The highest BCUT2D eigenvalue weighted by molar-refractivity contribution is 9.10. The number of phenols is 1. The van der Waals surface area contributed by atoms with Crippen molar-refractivity contribution in [2.75, 3.05) is 13.1 Å². The molecule has 1 aromatic rings. The zero-order chi connectivity index (χ0) is 10.1. The van der Waals surface area contributed by atoms with E-state index in [4.69, 9.17) is 0 Å². The molecule has 1 fully saturated rings. The van der Waals surface area contributed by atoms with Crippen LogP contribution < -0.4 is 5.32 Å². The van der Waals surface area contributed by atoms with Crippen LogP contribution in [0.3, 0.4) is 0 Å². The number of halogens is 2. The Balaban J connectivity index is 2.38. The lowest BCUT2D eigenvalue weighted by Crippen LogP contribution is -2.08. The molecule has 0 bridgehead atoms. The van der Waals surface area contributed by atoms with Gasteiger partial charge in [0.15, 0.2) is 0 Å². The van der Waals surface area contributed by atoms with Crippen LogP contribution in [0, 0.1) is 5.82 Å². The number of nitrogens with one attached hydrogen (secondary N) is 1. The van der Waals surface area contributed by atoms with Gasteiger partial charge in [-0.1, -0.05) is 6.07 Å². The molecular formula is C10H11BrFNO. The van der Waals surface area contributed by atoms with E-state index in [1.807, 2.05) is 0 Å². The minimum atomic E-state index is -0.419. The van der Waals surface area contributed by atoms with E-state index in [0.29, 0.717) is 5.92 Å². The van der Waals surface area contributed by atoms with Gasteiger partial charge in [0, 0.05) is 12.5 Å². The van der Waals surface area contributed by atoms with Crippen LogP contribution in [-0.4, -0.2) is 18.2 Å². The SMILES string of the molecule is Oc1c(C2CCNC2)ccc(F)c1Br. The summed E-state index contributed by atoms with van der Waals surface area (Å²) >= 11 is 3.03. The summed E-state index contributed by atoms with van der Waals surface area (Å²) in [4.78, 5) is 0. The molecular weight excluding hydrogens is 249 g/mol. The van der Waals surface area contributed by atoms with Crippen molar-refractivity contribution in [2.45, 2.75) is 12.3 Å². The maximum Gasteiger partial charge on any atom is 0.141 e. The Morgan fingerprint density at radius 3 is 2.93 bits per heavy atom. The number of phenolic OH excluding ortho intramolecular Hbond substituents is 1. The molecule has 0 radical (unpaired) electrons. The molecule has 14 heavy (non-hydrogen) atoms. The normalized spacial score (nSPS) is 21.4. The fraction of sp³-hybridized carbons (Fsp3) is 0.400. The third-order valence-electron chi connectivity index (χ3n) is 2.60. The van der Waals surface area contributed by atoms with Gasteiger partial charge in [0.1, 0.15) is 11.6 Å². The van der Waals surface area contributed by atoms with Gasteiger partial charge in [-0.05, 0) is 40.5 Å². The molecule has 76 valence electrons. The van der Waals surface area contributed by atoms with Crippen LogP contribution in [0.25, 0.3) is 0 Å². The van der Waals surface area contributed by atoms with E-state index in [0.717, 1.165) is 25.1 Å². The van der Waals surface area contributed by atoms with E-state index in [2.05, 4.69) is 21.2 Å². The van der Waals surface area contributed by atoms with E-state index in [1.165, 1.54) is 6.07 Å². The first-order valence-corrected chi connectivity index (χ1v) is 5.37. The first kappa shape index (κ1) is 9.93. The Labute approximate surface area is 90.3 Å². The van der Waals surface area contributed by atoms with E-state index < -0.39 is 5.82 Å². The molecule has 1 saturated heterocycles. The summed E-state index contributed by atoms with van der Waals surface area (Å²) in [6.45, 7) is 1.81. The number of benzene rings is 1. The highest BCUT2D eigenvalue weighted by Crippen LogP contribution is 2.36. The Hall–Kier alpha value is -0.610. The molecule has 0 aliphatic carbocycles. The lowest BCUT2D eigenvalue weighted by Gasteiger charge is -2.12. The molecule has 1 atom stereocenters. The standard InChI is InChI=1S/C10H11BrFNO/c11-9-8(12)2-1-7(10(9)14)6-3-4-13-5-6/h1-2,6,13-14H,3-5H2. The molecule has 2 nitrogen and oxygen atoms in total. The molecule has 2 N–H and O–H groups in total. The van der Waals surface area contributed by atoms with Gasteiger partial charge in [-0.2, -0.15) is 0 Å². The lowest BCUT2D eigenvalue weighted by molar-refractivity contribution is 0.451. The van der Waals surface area contributed by atoms with E-state index >= 15 is 0 Å². The number of rotatable bonds is 1. The molecule has 1 unspecified atom stereocenters. The average molecular weight is 260 g/mol. The van der Waals surface area contributed by atoms with Gasteiger partial charge in [-0.3, -0.25) is 0 Å². The second-order valence-corrected chi connectivity index (χ2v) is 4.28. The van der Waals surface area contributed by atoms with Crippen LogP contribution in [0.1, 0.15) is 17.9 Å². The van der Waals surface area contributed by atoms with Crippen LogP contribution in [0.2, 0.25) is 0 Å². The van der Waals surface area contributed by atoms with Gasteiger partial charge in [0.2, 0.25) is 0 Å². The van der Waals surface area contributed by atoms with Crippen LogP contribution >= 0.6 is 15.9 Å². The zero-order valence-corrected chi connectivity index (χ0v) is 9.14. The summed E-state index contributed by atoms with van der Waals surface area (Å²) < 4.78 is 13.2. The Bertz CT molecular complexity index is 350. The molecule has 0 amide bonds. The third-order valence-corrected chi connectivity index (χ3v) is 3.35. The summed E-state index contributed by atoms with van der Waals surface area (Å²) in [6, 6.07) is 3.05. The minimum absolute atomic E-state index is 0.0405. The fourth-order valence-electron chi connectivity index (χ4n) is 1.80. The smallest absolute Gasteiger partial charge is 0.141 e. The summed E-state index contributed by atoms with van der Waals surface area (Å²) in [6.07, 6.45) is 0.992. The fourth-order valence-corrected chi connectivity index (χ4v) is 2.17. The average Bonchev–Trinajstić information content (AvgIpc) is 2.67. The molecule has 1 aromatic carbocycles. The van der Waals surface area contributed by atoms with Crippen molar-refractivity contribution >= 4 is 15.9 Å². The van der Waals surface area contributed by atoms with Crippen LogP contribution in [0.5, 0.6) is 5.75 Å². The van der Waals surface area contributed by atoms with Gasteiger partial charge >= 0.3 is 0 Å². The second-order valence-electron chi connectivity index (χ2n) is 3.49. The molecule has 4 heteroatoms. The van der Waals surface area contributed by atoms with Gasteiger partial charge < -0.3 is 10.4 Å². The maximum atomic E-state index is 13.0. The van der Waals surface area contributed by atoms with Crippen LogP contribution in [0.15, 0.2) is 16.6 Å². The second kappa shape index (κ2) is 3.87. The molecule has 0 spiro atoms. The number of aromatic hydroxyl groups is 1. The Morgan fingerprint density at radius 1 is 1.50 bits per heavy atom. The molecule has 1 heterocycles. The Kier molecular flexibility index (Phi) is 2.74. The molecule has 0 aromatic heterocycles. The quantitative estimate of drug-likeness (QED) is 0.812. The van der Waals surface area contributed by atoms with Gasteiger partial charge in [-0.15, -0.1) is 0 Å². The first-order valence-electron chi connectivity index (χ1n) is 4.57. The van der Waals surface area contributed by atoms with Crippen LogP contribution in [0.4, 0.5) is 4.39 Å². The van der Waals surface area contributed by atoms with Gasteiger partial charge in [0.25, 0.3) is 0 Å². The van der Waals surface area contributed by atoms with Crippen molar-refractivity contribution in [2.24, 2.45) is 0 Å². The first-order chi connectivity index (χ1) is 6.70. The molecule has 1 aliphatic heterocycles. The van der Waals surface area contributed by atoms with Crippen molar-refractivity contribution in [3.63, 3.8) is 0 Å². The van der Waals surface area contributed by atoms with Gasteiger partial charge in [-0.25, -0.2) is 4.39 Å². The largest absolute Gasteiger partial charge is 0.506 e. The van der Waals surface area contributed by atoms with E-state index in [9.17, 15) is 9.50 Å². The topological polar surface area (TPSA) is 32.3 Å². The van der Waals surface area contributed by atoms with Crippen molar-refractivity contribution < 1.29 is 9.50 Å². The highest BCUT2D eigenvalue weighted by atomic mass is 79.9. The molecule has 1 aliphatic rings. The molecule has 2 rings (SSSR count). The van der Waals surface area contributed by atoms with Gasteiger partial charge in [0.05, 0.1) is 4.47 Å². The predicted octanol–water partition coefficient (Wildman–Crippen LogP) is 2.37. The van der Waals surface area contributed by atoms with Crippen molar-refractivity contribution in [1.82, 2.24) is 5.32 Å². The summed E-state index contributed by atoms with van der Waals surface area (Å²) in [7, 11) is 0. The number of hydrogen-bond acceptors (Lipinski definition) is 2. The van der Waals surface area contributed by atoms with E-state index in [1.54, 1.807) is 6.07 Å². The summed E-state index contributed by atoms with van der Waals surface area (Å²) in [5, 5.41) is 12.9. The summed E-state index contributed by atoms with van der Waals surface area (Å²) in [5.74, 6) is -0.0807. The summed E-state index contributed by atoms with van der Waals surface area (Å²) in [5.41, 5.74) is 0.822. The van der Waals surface area contributed by atoms with Crippen molar-refractivity contribution in [1.29, 1.82) is 0 Å². The lowest BCUT2D eigenvalue weighted by atomic mass is 9.97. The predicted molar refractivity (Wildman–Crippen MR) is 56.0 cm³/mol. The van der Waals surface area contributed by atoms with Crippen molar-refractivity contribution in [3.05, 3.63) is 28.0 Å². The molecule has 0 saturated carbocycles. The maximum absolute atomic E-state index is 13.0. The third kappa shape index (κ3) is 1.64. The van der Waals surface area contributed by atoms with Crippen molar-refractivity contribution in [3.8, 4) is 5.75 Å². The minimum Gasteiger partial charge on any atom is -0.506 e. The van der Waals surface area contributed by atoms with Crippen LogP contribution in [-0.2, 0) is 0 Å². The Morgan fingerprint density at radius 2 is 2.29 bits per heavy atom. The number of hydrogen-bond donors (Lipinski definition) is 2. The monoisotopic (exact) mass is 259 g/mol. The zero-order valence-electron chi connectivity index (χ0n) is 7.56.